The van der Waals surface area contributed by atoms with E-state index >= 15 is 0 Å². The van der Waals surface area contributed by atoms with Gasteiger partial charge in [0.25, 0.3) is 11.6 Å². The maximum absolute atomic E-state index is 13.7. The fourth-order valence-corrected chi connectivity index (χ4v) is 2.11. The van der Waals surface area contributed by atoms with Gasteiger partial charge in [-0.15, -0.1) is 0 Å². The fraction of sp³-hybridized carbons (Fsp3) is 0.500. The van der Waals surface area contributed by atoms with Crippen molar-refractivity contribution >= 4 is 17.3 Å². The third-order valence-electron chi connectivity index (χ3n) is 3.51. The zero-order valence-electron chi connectivity index (χ0n) is 12.6. The number of amides is 1. The highest BCUT2D eigenvalue weighted by atomic mass is 19.1. The molecule has 1 unspecified atom stereocenters. The molecule has 0 spiro atoms. The number of nitrogens with zero attached hydrogens (tertiary/aromatic N) is 2. The Morgan fingerprint density at radius 3 is 2.52 bits per heavy atom. The zero-order valence-corrected chi connectivity index (χ0v) is 12.6. The number of nitro benzene ring substituents is 1. The molecule has 6 nitrogen and oxygen atoms in total. The molecule has 0 aliphatic heterocycles. The molecule has 1 atom stereocenters. The van der Waals surface area contributed by atoms with Crippen LogP contribution in [0.1, 0.15) is 37.6 Å². The summed E-state index contributed by atoms with van der Waals surface area (Å²) in [7, 11) is 1.49. The van der Waals surface area contributed by atoms with Crippen LogP contribution in [0.3, 0.4) is 0 Å². The summed E-state index contributed by atoms with van der Waals surface area (Å²) in [6, 6.07) is 1.93. The van der Waals surface area contributed by atoms with Gasteiger partial charge in [0.2, 0.25) is 0 Å². The Labute approximate surface area is 123 Å². The van der Waals surface area contributed by atoms with Crippen LogP contribution >= 0.6 is 0 Å². The summed E-state index contributed by atoms with van der Waals surface area (Å²) in [5, 5.41) is 13.7. The van der Waals surface area contributed by atoms with Gasteiger partial charge in [0.05, 0.1) is 16.7 Å². The normalized spacial score (nSPS) is 11.9. The third kappa shape index (κ3) is 3.48. The molecule has 0 saturated heterocycles. The summed E-state index contributed by atoms with van der Waals surface area (Å²) >= 11 is 0. The minimum absolute atomic E-state index is 0.0507. The van der Waals surface area contributed by atoms with Gasteiger partial charge in [-0.2, -0.15) is 0 Å². The SMILES string of the molecule is CCC(C)N(CC)C(=O)c1cc(NC)c(F)cc1[N+](=O)[O-]. The van der Waals surface area contributed by atoms with Crippen LogP contribution in [0.5, 0.6) is 0 Å². The van der Waals surface area contributed by atoms with Gasteiger partial charge in [-0.3, -0.25) is 14.9 Å². The van der Waals surface area contributed by atoms with E-state index in [1.807, 2.05) is 13.8 Å². The van der Waals surface area contributed by atoms with Gasteiger partial charge in [-0.1, -0.05) is 6.92 Å². The molecule has 1 amide bonds. The van der Waals surface area contributed by atoms with Gasteiger partial charge in [0.1, 0.15) is 5.56 Å². The van der Waals surface area contributed by atoms with Crippen molar-refractivity contribution in [3.05, 3.63) is 33.6 Å². The second-order valence-corrected chi connectivity index (χ2v) is 4.70. The van der Waals surface area contributed by atoms with Crippen molar-refractivity contribution in [2.75, 3.05) is 18.9 Å². The highest BCUT2D eigenvalue weighted by Gasteiger charge is 2.28. The van der Waals surface area contributed by atoms with Gasteiger partial charge in [0, 0.05) is 19.6 Å². The van der Waals surface area contributed by atoms with Crippen LogP contribution in [0.2, 0.25) is 0 Å². The molecule has 0 fully saturated rings. The fourth-order valence-electron chi connectivity index (χ4n) is 2.11. The first-order valence-electron chi connectivity index (χ1n) is 6.83. The molecule has 21 heavy (non-hydrogen) atoms. The van der Waals surface area contributed by atoms with Gasteiger partial charge >= 0.3 is 0 Å². The highest BCUT2D eigenvalue weighted by Crippen LogP contribution is 2.27. The standard InChI is InChI=1S/C14H20FN3O3/c1-5-9(3)17(6-2)14(19)10-7-12(16-4)11(15)8-13(10)18(20)21/h7-9,16H,5-6H2,1-4H3. The van der Waals surface area contributed by atoms with Crippen LogP contribution in [-0.4, -0.2) is 35.4 Å². The lowest BCUT2D eigenvalue weighted by molar-refractivity contribution is -0.385. The number of benzene rings is 1. The molecule has 0 aromatic heterocycles. The van der Waals surface area contributed by atoms with E-state index in [-0.39, 0.29) is 17.3 Å². The van der Waals surface area contributed by atoms with Crippen LogP contribution in [0, 0.1) is 15.9 Å². The lowest BCUT2D eigenvalue weighted by Gasteiger charge is -2.27. The van der Waals surface area contributed by atoms with Gasteiger partial charge in [0.15, 0.2) is 5.82 Å². The number of anilines is 1. The average molecular weight is 297 g/mol. The van der Waals surface area contributed by atoms with Crippen LogP contribution in [0.25, 0.3) is 0 Å². The molecule has 1 rings (SSSR count). The van der Waals surface area contributed by atoms with Crippen molar-refractivity contribution in [3.8, 4) is 0 Å². The molecular weight excluding hydrogens is 277 g/mol. The summed E-state index contributed by atoms with van der Waals surface area (Å²) in [6.07, 6.45) is 0.730. The molecule has 7 heteroatoms. The monoisotopic (exact) mass is 297 g/mol. The van der Waals surface area contributed by atoms with Gasteiger partial charge in [-0.05, 0) is 26.3 Å². The molecule has 1 N–H and O–H groups in total. The summed E-state index contributed by atoms with van der Waals surface area (Å²) in [4.78, 5) is 24.4. The second kappa shape index (κ2) is 7.01. The summed E-state index contributed by atoms with van der Waals surface area (Å²) < 4.78 is 13.7. The molecule has 0 saturated carbocycles. The summed E-state index contributed by atoms with van der Waals surface area (Å²) in [6.45, 7) is 6.03. The maximum atomic E-state index is 13.7. The Bertz CT molecular complexity index is 549. The summed E-state index contributed by atoms with van der Waals surface area (Å²) in [5.41, 5.74) is -0.560. The molecule has 0 radical (unpaired) electrons. The second-order valence-electron chi connectivity index (χ2n) is 4.70. The molecule has 116 valence electrons. The van der Waals surface area contributed by atoms with E-state index < -0.39 is 22.3 Å². The molecule has 1 aromatic carbocycles. The highest BCUT2D eigenvalue weighted by molar-refractivity contribution is 5.99. The van der Waals surface area contributed by atoms with E-state index in [0.717, 1.165) is 12.5 Å². The lowest BCUT2D eigenvalue weighted by atomic mass is 10.1. The molecule has 1 aromatic rings. The number of rotatable bonds is 6. The van der Waals surface area contributed by atoms with Crippen molar-refractivity contribution in [3.63, 3.8) is 0 Å². The smallest absolute Gasteiger partial charge is 0.285 e. The summed E-state index contributed by atoms with van der Waals surface area (Å²) in [5.74, 6) is -1.22. The van der Waals surface area contributed by atoms with Crippen LogP contribution in [-0.2, 0) is 0 Å². The molecule has 0 aliphatic rings. The topological polar surface area (TPSA) is 75.5 Å². The minimum atomic E-state index is -0.757. The molecule has 0 aliphatic carbocycles. The minimum Gasteiger partial charge on any atom is -0.386 e. The van der Waals surface area contributed by atoms with Crippen molar-refractivity contribution in [2.24, 2.45) is 0 Å². The number of hydrogen-bond acceptors (Lipinski definition) is 4. The van der Waals surface area contributed by atoms with Crippen molar-refractivity contribution < 1.29 is 14.1 Å². The van der Waals surface area contributed by atoms with Crippen LogP contribution in [0.15, 0.2) is 12.1 Å². The quantitative estimate of drug-likeness (QED) is 0.647. The van der Waals surface area contributed by atoms with E-state index in [4.69, 9.17) is 0 Å². The number of halogens is 1. The number of carbonyl (C=O) groups excluding carboxylic acids is 1. The third-order valence-corrected chi connectivity index (χ3v) is 3.51. The molecule has 0 heterocycles. The predicted octanol–water partition coefficient (Wildman–Crippen LogP) is 3.04. The maximum Gasteiger partial charge on any atom is 0.285 e. The van der Waals surface area contributed by atoms with E-state index in [1.54, 1.807) is 11.8 Å². The van der Waals surface area contributed by atoms with Crippen LogP contribution < -0.4 is 5.32 Å². The molecular formula is C14H20FN3O3. The van der Waals surface area contributed by atoms with Crippen molar-refractivity contribution in [1.82, 2.24) is 4.90 Å². The van der Waals surface area contributed by atoms with Crippen LogP contribution in [0.4, 0.5) is 15.8 Å². The number of nitro groups is 1. The Kier molecular flexibility index (Phi) is 5.63. The van der Waals surface area contributed by atoms with E-state index in [0.29, 0.717) is 6.54 Å². The zero-order chi connectivity index (χ0) is 16.2. The first-order valence-corrected chi connectivity index (χ1v) is 6.83. The van der Waals surface area contributed by atoms with Crippen molar-refractivity contribution in [1.29, 1.82) is 0 Å². The number of nitrogens with one attached hydrogen (secondary N) is 1. The Morgan fingerprint density at radius 1 is 1.48 bits per heavy atom. The van der Waals surface area contributed by atoms with Crippen molar-refractivity contribution in [2.45, 2.75) is 33.2 Å². The number of carbonyl (C=O) groups is 1. The largest absolute Gasteiger partial charge is 0.386 e. The van der Waals surface area contributed by atoms with E-state index in [2.05, 4.69) is 5.32 Å². The van der Waals surface area contributed by atoms with E-state index in [9.17, 15) is 19.3 Å². The predicted molar refractivity (Wildman–Crippen MR) is 79.1 cm³/mol. The Balaban J connectivity index is 3.38. The lowest BCUT2D eigenvalue weighted by Crippen LogP contribution is -2.38. The van der Waals surface area contributed by atoms with E-state index in [1.165, 1.54) is 13.1 Å². The first-order chi connectivity index (χ1) is 9.87. The van der Waals surface area contributed by atoms with Gasteiger partial charge in [-0.25, -0.2) is 4.39 Å². The average Bonchev–Trinajstić information content (AvgIpc) is 2.46. The first kappa shape index (κ1) is 16.9. The Hall–Kier alpha value is -2.18. The Morgan fingerprint density at radius 2 is 2.10 bits per heavy atom. The number of hydrogen-bond donors (Lipinski definition) is 1. The van der Waals surface area contributed by atoms with Gasteiger partial charge < -0.3 is 10.2 Å². The molecule has 0 bridgehead atoms.